The van der Waals surface area contributed by atoms with Crippen LogP contribution in [0.3, 0.4) is 0 Å². The topological polar surface area (TPSA) is 89.4 Å². The van der Waals surface area contributed by atoms with Crippen LogP contribution in [0.1, 0.15) is 11.3 Å². The second-order valence-electron chi connectivity index (χ2n) is 7.10. The second kappa shape index (κ2) is 8.29. The Morgan fingerprint density at radius 2 is 1.84 bits per heavy atom. The largest absolute Gasteiger partial charge is 0.573 e. The summed E-state index contributed by atoms with van der Waals surface area (Å²) in [6.45, 7) is 0.197. The van der Waals surface area contributed by atoms with Gasteiger partial charge in [0.25, 0.3) is 0 Å². The van der Waals surface area contributed by atoms with Crippen molar-refractivity contribution in [2.45, 2.75) is 19.4 Å². The molecule has 2 N–H and O–H groups in total. The van der Waals surface area contributed by atoms with E-state index < -0.39 is 12.3 Å². The first-order valence-electron chi connectivity index (χ1n) is 9.51. The summed E-state index contributed by atoms with van der Waals surface area (Å²) >= 11 is 0. The monoisotopic (exact) mass is 445 g/mol. The molecule has 10 heteroatoms. The number of aromatic amines is 1. The van der Waals surface area contributed by atoms with Crippen LogP contribution in [-0.2, 0) is 24.9 Å². The average molecular weight is 445 g/mol. The maximum absolute atomic E-state index is 12.3. The molecule has 0 spiro atoms. The molecule has 0 saturated carbocycles. The Balaban J connectivity index is 1.47. The number of aryl methyl sites for hydroxylation is 1. The van der Waals surface area contributed by atoms with E-state index in [1.807, 2.05) is 6.07 Å². The van der Waals surface area contributed by atoms with Crippen LogP contribution in [0.5, 0.6) is 11.5 Å². The zero-order valence-electron chi connectivity index (χ0n) is 16.8. The Morgan fingerprint density at radius 1 is 1.12 bits per heavy atom. The molecule has 0 fully saturated rings. The number of hydrogen-bond acceptors (Lipinski definition) is 4. The number of ether oxygens (including phenoxy) is 2. The van der Waals surface area contributed by atoms with E-state index in [9.17, 15) is 18.0 Å². The summed E-state index contributed by atoms with van der Waals surface area (Å²) in [7, 11) is 1.74. The van der Waals surface area contributed by atoms with Crippen LogP contribution in [0.2, 0.25) is 0 Å². The Labute approximate surface area is 180 Å². The fourth-order valence-electron chi connectivity index (χ4n) is 3.32. The lowest BCUT2D eigenvalue weighted by molar-refractivity contribution is -0.274. The van der Waals surface area contributed by atoms with Crippen molar-refractivity contribution < 1.29 is 32.5 Å². The summed E-state index contributed by atoms with van der Waals surface area (Å²) < 4.78 is 48.3. The van der Waals surface area contributed by atoms with Crippen LogP contribution in [0.15, 0.2) is 54.7 Å². The van der Waals surface area contributed by atoms with E-state index >= 15 is 0 Å². The van der Waals surface area contributed by atoms with Crippen molar-refractivity contribution in [3.05, 3.63) is 66.0 Å². The Bertz CT molecular complexity index is 1260. The number of nitrogens with zero attached hydrogens (tertiary/aromatic N) is 2. The predicted molar refractivity (Wildman–Crippen MR) is 109 cm³/mol. The molecule has 0 saturated heterocycles. The number of rotatable bonds is 7. The van der Waals surface area contributed by atoms with Gasteiger partial charge in [0.05, 0.1) is 17.8 Å². The quantitative estimate of drug-likeness (QED) is 0.432. The van der Waals surface area contributed by atoms with Gasteiger partial charge in [-0.3, -0.25) is 9.48 Å². The van der Waals surface area contributed by atoms with Crippen molar-refractivity contribution in [2.24, 2.45) is 7.05 Å². The van der Waals surface area contributed by atoms with Gasteiger partial charge in [-0.1, -0.05) is 0 Å². The Morgan fingerprint density at radius 3 is 2.53 bits per heavy atom. The van der Waals surface area contributed by atoms with E-state index in [1.165, 1.54) is 24.3 Å². The number of halogens is 3. The van der Waals surface area contributed by atoms with Crippen molar-refractivity contribution in [2.75, 3.05) is 0 Å². The van der Waals surface area contributed by atoms with Gasteiger partial charge in [-0.25, -0.2) is 0 Å². The first-order valence-corrected chi connectivity index (χ1v) is 9.51. The molecule has 0 aliphatic rings. The van der Waals surface area contributed by atoms with Gasteiger partial charge in [-0.2, -0.15) is 5.10 Å². The molecule has 166 valence electrons. The van der Waals surface area contributed by atoms with Gasteiger partial charge in [0, 0.05) is 29.7 Å². The summed E-state index contributed by atoms with van der Waals surface area (Å²) in [5, 5.41) is 14.2. The molecule has 2 aromatic carbocycles. The van der Waals surface area contributed by atoms with Gasteiger partial charge >= 0.3 is 12.3 Å². The van der Waals surface area contributed by atoms with Crippen LogP contribution in [0, 0.1) is 0 Å². The molecule has 7 nitrogen and oxygen atoms in total. The molecule has 0 bridgehead atoms. The highest BCUT2D eigenvalue weighted by Gasteiger charge is 2.31. The number of carboxylic acid groups (broad SMARTS) is 1. The number of carboxylic acids is 1. The number of aromatic nitrogens is 3. The number of carbonyl (C=O) groups is 1. The number of alkyl halides is 3. The van der Waals surface area contributed by atoms with Gasteiger partial charge in [0.1, 0.15) is 18.1 Å². The van der Waals surface area contributed by atoms with Crippen LogP contribution in [0.4, 0.5) is 13.2 Å². The van der Waals surface area contributed by atoms with Crippen molar-refractivity contribution in [1.29, 1.82) is 0 Å². The van der Waals surface area contributed by atoms with Gasteiger partial charge in [-0.05, 0) is 54.1 Å². The molecule has 2 aromatic heterocycles. The third kappa shape index (κ3) is 4.85. The highest BCUT2D eigenvalue weighted by molar-refractivity contribution is 5.88. The summed E-state index contributed by atoms with van der Waals surface area (Å²) in [5.74, 6) is -0.652. The van der Waals surface area contributed by atoms with E-state index in [0.29, 0.717) is 22.6 Å². The molecule has 0 amide bonds. The third-order valence-corrected chi connectivity index (χ3v) is 4.83. The van der Waals surface area contributed by atoms with Gasteiger partial charge in [0.2, 0.25) is 0 Å². The minimum absolute atomic E-state index is 0.0959. The molecular weight excluding hydrogens is 427 g/mol. The molecule has 0 unspecified atom stereocenters. The molecule has 0 atom stereocenters. The number of aliphatic carboxylic acids is 1. The summed E-state index contributed by atoms with van der Waals surface area (Å²) in [6.07, 6.45) is -3.17. The molecule has 0 aliphatic carbocycles. The fourth-order valence-corrected chi connectivity index (χ4v) is 3.32. The normalized spacial score (nSPS) is 11.6. The smallest absolute Gasteiger partial charge is 0.487 e. The van der Waals surface area contributed by atoms with Crippen molar-refractivity contribution in [3.63, 3.8) is 0 Å². The number of nitrogens with one attached hydrogen (secondary N) is 1. The van der Waals surface area contributed by atoms with E-state index in [2.05, 4.69) is 14.8 Å². The van der Waals surface area contributed by atoms with Crippen LogP contribution >= 0.6 is 0 Å². The number of hydrogen-bond donors (Lipinski definition) is 2. The SMILES string of the molecule is Cn1nc(-c2ccc(OC(F)(F)F)cc2)cc1COc1ccc2[nH]cc(CC(=O)O)c2c1. The second-order valence-corrected chi connectivity index (χ2v) is 7.10. The van der Waals surface area contributed by atoms with Crippen molar-refractivity contribution in [3.8, 4) is 22.8 Å². The molecular formula is C22H18F3N3O4. The van der Waals surface area contributed by atoms with E-state index in [4.69, 9.17) is 9.84 Å². The minimum atomic E-state index is -4.74. The standard InChI is InChI=1S/C22H18F3N3O4/c1-28-15(9-20(27-28)13-2-4-16(5-3-13)32-22(23,24)25)12-31-17-6-7-19-18(10-17)14(11-26-19)8-21(29)30/h2-7,9-11,26H,8,12H2,1H3,(H,29,30). The highest BCUT2D eigenvalue weighted by atomic mass is 19.4. The average Bonchev–Trinajstić information content (AvgIpc) is 3.28. The molecule has 0 aliphatic heterocycles. The molecule has 4 aromatic rings. The first-order chi connectivity index (χ1) is 15.2. The molecule has 32 heavy (non-hydrogen) atoms. The van der Waals surface area contributed by atoms with Crippen LogP contribution in [0.25, 0.3) is 22.2 Å². The van der Waals surface area contributed by atoms with E-state index in [-0.39, 0.29) is 18.8 Å². The Hall–Kier alpha value is -3.95. The van der Waals surface area contributed by atoms with Gasteiger partial charge in [-0.15, -0.1) is 13.2 Å². The highest BCUT2D eigenvalue weighted by Crippen LogP contribution is 2.28. The van der Waals surface area contributed by atoms with Crippen LogP contribution in [-0.4, -0.2) is 32.2 Å². The lowest BCUT2D eigenvalue weighted by atomic mass is 10.1. The van der Waals surface area contributed by atoms with E-state index in [1.54, 1.807) is 36.1 Å². The maximum atomic E-state index is 12.3. The molecule has 4 rings (SSSR count). The van der Waals surface area contributed by atoms with Crippen molar-refractivity contribution >= 4 is 16.9 Å². The number of H-pyrrole nitrogens is 1. The number of benzene rings is 2. The zero-order chi connectivity index (χ0) is 22.9. The lowest BCUT2D eigenvalue weighted by Gasteiger charge is -2.08. The lowest BCUT2D eigenvalue weighted by Crippen LogP contribution is -2.16. The fraction of sp³-hybridized carbons (Fsp3) is 0.182. The third-order valence-electron chi connectivity index (χ3n) is 4.83. The summed E-state index contributed by atoms with van der Waals surface area (Å²) in [5.41, 5.74) is 3.44. The van der Waals surface area contributed by atoms with Crippen LogP contribution < -0.4 is 9.47 Å². The first kappa shape index (κ1) is 21.3. The molecule has 0 radical (unpaired) electrons. The van der Waals surface area contributed by atoms with E-state index in [0.717, 1.165) is 16.6 Å². The predicted octanol–water partition coefficient (Wildman–Crippen LogP) is 4.67. The zero-order valence-corrected chi connectivity index (χ0v) is 16.8. The maximum Gasteiger partial charge on any atom is 0.573 e. The molecule has 2 heterocycles. The van der Waals surface area contributed by atoms with Gasteiger partial charge in [0.15, 0.2) is 0 Å². The van der Waals surface area contributed by atoms with Gasteiger partial charge < -0.3 is 19.6 Å². The van der Waals surface area contributed by atoms with Crippen molar-refractivity contribution in [1.82, 2.24) is 14.8 Å². The summed E-state index contributed by atoms with van der Waals surface area (Å²) in [6, 6.07) is 12.6. The number of fused-ring (bicyclic) bond motifs is 1. The Kier molecular flexibility index (Phi) is 5.52. The summed E-state index contributed by atoms with van der Waals surface area (Å²) in [4.78, 5) is 14.1. The minimum Gasteiger partial charge on any atom is -0.487 e.